The molecule has 0 radical (unpaired) electrons. The van der Waals surface area contributed by atoms with Crippen molar-refractivity contribution in [1.82, 2.24) is 4.98 Å². The molecule has 1 aromatic heterocycles. The van der Waals surface area contributed by atoms with E-state index in [1.54, 1.807) is 6.20 Å². The molecule has 0 saturated heterocycles. The normalized spacial score (nSPS) is 10.1. The summed E-state index contributed by atoms with van der Waals surface area (Å²) in [6.07, 6.45) is 2.58. The van der Waals surface area contributed by atoms with Crippen LogP contribution in [0.4, 0.5) is 5.69 Å². The topological polar surface area (TPSA) is 95.8 Å². The molecule has 0 spiro atoms. The number of aromatic nitrogens is 1. The first-order valence-corrected chi connectivity index (χ1v) is 5.29. The van der Waals surface area contributed by atoms with Crippen molar-refractivity contribution in [3.63, 3.8) is 0 Å². The van der Waals surface area contributed by atoms with E-state index in [0.29, 0.717) is 11.3 Å². The Morgan fingerprint density at radius 3 is 2.78 bits per heavy atom. The molecule has 7 heteroatoms. The van der Waals surface area contributed by atoms with Crippen LogP contribution in [0.25, 0.3) is 10.9 Å². The summed E-state index contributed by atoms with van der Waals surface area (Å²) in [5.74, 6) is 0.495. The van der Waals surface area contributed by atoms with Crippen molar-refractivity contribution in [3.8, 4) is 5.75 Å². The Kier molecular flexibility index (Phi) is 4.52. The number of nitrogens with zero attached hydrogens (tertiary/aromatic N) is 1. The highest BCUT2D eigenvalue weighted by molar-refractivity contribution is 5.92. The van der Waals surface area contributed by atoms with Crippen molar-refractivity contribution in [2.75, 3.05) is 13.7 Å². The van der Waals surface area contributed by atoms with Gasteiger partial charge in [0.05, 0.1) is 24.6 Å². The lowest BCUT2D eigenvalue weighted by molar-refractivity contribution is -0.383. The van der Waals surface area contributed by atoms with Crippen molar-refractivity contribution in [2.45, 2.75) is 6.42 Å². The van der Waals surface area contributed by atoms with Gasteiger partial charge in [-0.1, -0.05) is 0 Å². The van der Waals surface area contributed by atoms with Gasteiger partial charge in [-0.3, -0.25) is 10.1 Å². The van der Waals surface area contributed by atoms with Gasteiger partial charge in [-0.25, -0.2) is 0 Å². The maximum Gasteiger partial charge on any atom is 0.296 e. The summed E-state index contributed by atoms with van der Waals surface area (Å²) in [6.45, 7) is 0.748. The van der Waals surface area contributed by atoms with Crippen LogP contribution < -0.4 is 22.9 Å². The quantitative estimate of drug-likeness (QED) is 0.491. The lowest BCUT2D eigenvalue weighted by atomic mass is 10.1. The van der Waals surface area contributed by atoms with E-state index >= 15 is 0 Å². The predicted molar refractivity (Wildman–Crippen MR) is 63.0 cm³/mol. The molecular formula is C11H14ClN3O3. The summed E-state index contributed by atoms with van der Waals surface area (Å²) in [4.78, 5) is 13.5. The van der Waals surface area contributed by atoms with Gasteiger partial charge in [0, 0.05) is 18.0 Å². The molecule has 0 amide bonds. The van der Waals surface area contributed by atoms with E-state index in [2.05, 4.69) is 10.7 Å². The largest absolute Gasteiger partial charge is 1.00 e. The monoisotopic (exact) mass is 271 g/mol. The number of rotatable bonds is 4. The van der Waals surface area contributed by atoms with E-state index in [1.165, 1.54) is 13.2 Å². The van der Waals surface area contributed by atoms with E-state index < -0.39 is 4.92 Å². The van der Waals surface area contributed by atoms with Crippen LogP contribution in [-0.2, 0) is 6.42 Å². The highest BCUT2D eigenvalue weighted by atomic mass is 35.5. The average Bonchev–Trinajstić information content (AvgIpc) is 2.71. The van der Waals surface area contributed by atoms with E-state index in [1.807, 2.05) is 6.07 Å². The molecule has 1 aromatic carbocycles. The Morgan fingerprint density at radius 2 is 2.22 bits per heavy atom. The number of fused-ring (bicyclic) bond motifs is 1. The first-order chi connectivity index (χ1) is 8.17. The second kappa shape index (κ2) is 5.70. The molecule has 0 unspecified atom stereocenters. The van der Waals surface area contributed by atoms with Crippen molar-refractivity contribution in [1.29, 1.82) is 0 Å². The molecule has 2 rings (SSSR count). The number of methoxy groups -OCH3 is 1. The molecular weight excluding hydrogens is 258 g/mol. The molecule has 0 saturated carbocycles. The first kappa shape index (κ1) is 14.3. The number of benzene rings is 1. The first-order valence-electron chi connectivity index (χ1n) is 5.29. The molecule has 0 fully saturated rings. The third kappa shape index (κ3) is 2.39. The molecule has 18 heavy (non-hydrogen) atoms. The Balaban J connectivity index is 0.00000162. The number of quaternary nitrogens is 1. The zero-order valence-electron chi connectivity index (χ0n) is 9.90. The zero-order chi connectivity index (χ0) is 12.4. The third-order valence-electron chi connectivity index (χ3n) is 2.71. The number of hydrogen-bond acceptors (Lipinski definition) is 3. The molecule has 0 aliphatic carbocycles. The number of nitrogens with one attached hydrogen (secondary N) is 1. The second-order valence-corrected chi connectivity index (χ2v) is 3.74. The van der Waals surface area contributed by atoms with Crippen LogP contribution in [0, 0.1) is 10.1 Å². The van der Waals surface area contributed by atoms with Crippen LogP contribution >= 0.6 is 0 Å². The van der Waals surface area contributed by atoms with E-state index in [9.17, 15) is 10.1 Å². The highest BCUT2D eigenvalue weighted by Crippen LogP contribution is 2.32. The van der Waals surface area contributed by atoms with Gasteiger partial charge in [-0.15, -0.1) is 0 Å². The number of halogens is 1. The number of aromatic amines is 1. The SMILES string of the molecule is COc1cc([N+](=O)[O-])c2[nH]cc(CC[NH3+])c2c1.[Cl-]. The zero-order valence-corrected chi connectivity index (χ0v) is 10.7. The van der Waals surface area contributed by atoms with Crippen LogP contribution in [-0.4, -0.2) is 23.6 Å². The van der Waals surface area contributed by atoms with Gasteiger partial charge in [0.2, 0.25) is 0 Å². The fraction of sp³-hybridized carbons (Fsp3) is 0.273. The molecule has 98 valence electrons. The summed E-state index contributed by atoms with van der Waals surface area (Å²) in [7, 11) is 1.50. The molecule has 0 aliphatic rings. The predicted octanol–water partition coefficient (Wildman–Crippen LogP) is -2.13. The number of nitro groups is 1. The molecule has 2 aromatic rings. The number of nitro benzene ring substituents is 1. The summed E-state index contributed by atoms with van der Waals surface area (Å²) < 4.78 is 5.08. The van der Waals surface area contributed by atoms with Crippen LogP contribution in [0.15, 0.2) is 18.3 Å². The van der Waals surface area contributed by atoms with Gasteiger partial charge in [0.15, 0.2) is 0 Å². The van der Waals surface area contributed by atoms with Crippen molar-refractivity contribution in [3.05, 3.63) is 34.0 Å². The van der Waals surface area contributed by atoms with Gasteiger partial charge < -0.3 is 27.9 Å². The fourth-order valence-electron chi connectivity index (χ4n) is 1.90. The van der Waals surface area contributed by atoms with Gasteiger partial charge in [-0.2, -0.15) is 0 Å². The lowest BCUT2D eigenvalue weighted by Crippen LogP contribution is -3.00. The highest BCUT2D eigenvalue weighted by Gasteiger charge is 2.17. The van der Waals surface area contributed by atoms with Crippen LogP contribution in [0.2, 0.25) is 0 Å². The Labute approximate surface area is 110 Å². The molecule has 0 aliphatic heterocycles. The van der Waals surface area contributed by atoms with Crippen LogP contribution in [0.3, 0.4) is 0 Å². The standard InChI is InChI=1S/C11H13N3O3.ClH/c1-17-8-4-9-7(2-3-12)6-13-11(9)10(5-8)14(15)16;/h4-6,13H,2-3,12H2,1H3;1H. The Bertz CT molecular complexity index is 568. The summed E-state index contributed by atoms with van der Waals surface area (Å²) >= 11 is 0. The minimum Gasteiger partial charge on any atom is -1.00 e. The number of non-ortho nitro benzene ring substituents is 1. The van der Waals surface area contributed by atoms with Gasteiger partial charge in [0.25, 0.3) is 5.69 Å². The van der Waals surface area contributed by atoms with E-state index in [4.69, 9.17) is 4.74 Å². The van der Waals surface area contributed by atoms with Crippen LogP contribution in [0.5, 0.6) is 5.75 Å². The van der Waals surface area contributed by atoms with Gasteiger partial charge >= 0.3 is 0 Å². The maximum absolute atomic E-state index is 11.0. The van der Waals surface area contributed by atoms with Crippen molar-refractivity contribution < 1.29 is 27.8 Å². The maximum atomic E-state index is 11.0. The third-order valence-corrected chi connectivity index (χ3v) is 2.71. The molecule has 1 heterocycles. The molecule has 0 bridgehead atoms. The molecule has 0 atom stereocenters. The van der Waals surface area contributed by atoms with Crippen molar-refractivity contribution >= 4 is 16.6 Å². The summed E-state index contributed by atoms with van der Waals surface area (Å²) in [6, 6.07) is 3.23. The summed E-state index contributed by atoms with van der Waals surface area (Å²) in [5.41, 5.74) is 5.39. The smallest absolute Gasteiger partial charge is 0.296 e. The van der Waals surface area contributed by atoms with E-state index in [-0.39, 0.29) is 18.1 Å². The number of H-pyrrole nitrogens is 1. The van der Waals surface area contributed by atoms with Gasteiger partial charge in [0.1, 0.15) is 11.3 Å². The number of ether oxygens (including phenoxy) is 1. The van der Waals surface area contributed by atoms with E-state index in [0.717, 1.165) is 23.9 Å². The van der Waals surface area contributed by atoms with Crippen LogP contribution in [0.1, 0.15) is 5.56 Å². The van der Waals surface area contributed by atoms with Gasteiger partial charge in [-0.05, 0) is 11.6 Å². The average molecular weight is 272 g/mol. The fourth-order valence-corrected chi connectivity index (χ4v) is 1.90. The Hall–Kier alpha value is -1.79. The van der Waals surface area contributed by atoms with Crippen molar-refractivity contribution in [2.24, 2.45) is 0 Å². The second-order valence-electron chi connectivity index (χ2n) is 3.74. The minimum atomic E-state index is -0.407. The Morgan fingerprint density at radius 1 is 1.50 bits per heavy atom. The molecule has 6 nitrogen and oxygen atoms in total. The number of hydrogen-bond donors (Lipinski definition) is 2. The lowest BCUT2D eigenvalue weighted by Gasteiger charge is -2.02. The molecule has 4 N–H and O–H groups in total. The minimum absolute atomic E-state index is 0. The summed E-state index contributed by atoms with van der Waals surface area (Å²) in [5, 5.41) is 11.8.